The summed E-state index contributed by atoms with van der Waals surface area (Å²) in [6, 6.07) is 7.83. The van der Waals surface area contributed by atoms with Crippen molar-refractivity contribution in [2.75, 3.05) is 7.11 Å². The molecule has 0 unspecified atom stereocenters. The van der Waals surface area contributed by atoms with Gasteiger partial charge in [-0.3, -0.25) is 5.32 Å². The number of carbonyl (C=O) groups excluding carboxylic acids is 1. The fourth-order valence-electron chi connectivity index (χ4n) is 3.15. The Morgan fingerprint density at radius 2 is 1.96 bits per heavy atom. The highest BCUT2D eigenvalue weighted by Crippen LogP contribution is 2.49. The summed E-state index contributed by atoms with van der Waals surface area (Å²) in [5, 5.41) is 23.5. The minimum Gasteiger partial charge on any atom is -0.508 e. The number of aromatic hydroxyl groups is 2. The average molecular weight is 317 g/mol. The lowest BCUT2D eigenvalue weighted by Gasteiger charge is -2.24. The second kappa shape index (κ2) is 5.24. The summed E-state index contributed by atoms with van der Waals surface area (Å²) in [6.07, 6.45) is 0. The van der Waals surface area contributed by atoms with Gasteiger partial charge in [-0.05, 0) is 36.8 Å². The number of phenols is 2. The summed E-state index contributed by atoms with van der Waals surface area (Å²) in [4.78, 5) is 12.3. The molecule has 1 aliphatic heterocycles. The molecule has 3 N–H and O–H groups in total. The number of ether oxygens (including phenoxy) is 1. The molecular weight excluding hydrogens is 301 g/mol. The predicted octanol–water partition coefficient (Wildman–Crippen LogP) is 2.32. The number of carbonyl (C=O) groups is 1. The van der Waals surface area contributed by atoms with Gasteiger partial charge in [-0.25, -0.2) is 9.18 Å². The van der Waals surface area contributed by atoms with Gasteiger partial charge in [0, 0.05) is 11.1 Å². The van der Waals surface area contributed by atoms with E-state index >= 15 is 0 Å². The van der Waals surface area contributed by atoms with E-state index < -0.39 is 23.4 Å². The standard InChI is InChI=1S/C17H16FNO4/c1-17(16(22)23-2)14-12(21)7-6-11(20)13(14)15(19-17)9-4-3-5-10(18)8-9/h3-8,15,19-21H,1-2H3/t15-,17-/m0/s1. The van der Waals surface area contributed by atoms with Gasteiger partial charge in [0.15, 0.2) is 0 Å². The zero-order chi connectivity index (χ0) is 16.8. The molecule has 0 aromatic heterocycles. The lowest BCUT2D eigenvalue weighted by Crippen LogP contribution is -2.44. The molecule has 0 amide bonds. The van der Waals surface area contributed by atoms with Gasteiger partial charge < -0.3 is 14.9 Å². The van der Waals surface area contributed by atoms with Crippen molar-refractivity contribution >= 4 is 5.97 Å². The molecule has 0 saturated carbocycles. The van der Waals surface area contributed by atoms with Crippen molar-refractivity contribution < 1.29 is 24.1 Å². The quantitative estimate of drug-likeness (QED) is 0.585. The lowest BCUT2D eigenvalue weighted by molar-refractivity contribution is -0.148. The predicted molar refractivity (Wildman–Crippen MR) is 80.5 cm³/mol. The first-order valence-corrected chi connectivity index (χ1v) is 7.05. The molecule has 0 aliphatic carbocycles. The number of hydrogen-bond donors (Lipinski definition) is 3. The van der Waals surface area contributed by atoms with Crippen LogP contribution in [0.4, 0.5) is 4.39 Å². The minimum atomic E-state index is -1.36. The second-order valence-corrected chi connectivity index (χ2v) is 5.64. The highest BCUT2D eigenvalue weighted by Gasteiger charge is 2.50. The number of rotatable bonds is 2. The zero-order valence-corrected chi connectivity index (χ0v) is 12.6. The largest absolute Gasteiger partial charge is 0.508 e. The number of benzene rings is 2. The van der Waals surface area contributed by atoms with Crippen molar-refractivity contribution in [2.24, 2.45) is 0 Å². The first-order chi connectivity index (χ1) is 10.9. The molecule has 2 atom stereocenters. The van der Waals surface area contributed by atoms with Gasteiger partial charge in [-0.15, -0.1) is 0 Å². The lowest BCUT2D eigenvalue weighted by atomic mass is 9.89. The molecule has 23 heavy (non-hydrogen) atoms. The van der Waals surface area contributed by atoms with Crippen LogP contribution in [0.5, 0.6) is 11.5 Å². The number of nitrogens with one attached hydrogen (secondary N) is 1. The first-order valence-electron chi connectivity index (χ1n) is 7.05. The highest BCUT2D eigenvalue weighted by molar-refractivity contribution is 5.86. The topological polar surface area (TPSA) is 78.8 Å². The van der Waals surface area contributed by atoms with E-state index in [0.29, 0.717) is 11.1 Å². The van der Waals surface area contributed by atoms with Gasteiger partial charge in [0.05, 0.1) is 13.2 Å². The van der Waals surface area contributed by atoms with Crippen LogP contribution >= 0.6 is 0 Å². The van der Waals surface area contributed by atoms with Crippen LogP contribution in [0, 0.1) is 5.82 Å². The van der Waals surface area contributed by atoms with Gasteiger partial charge in [0.2, 0.25) is 0 Å². The molecule has 1 aliphatic rings. The molecule has 0 bridgehead atoms. The third-order valence-corrected chi connectivity index (χ3v) is 4.20. The Morgan fingerprint density at radius 1 is 1.26 bits per heavy atom. The van der Waals surface area contributed by atoms with Crippen LogP contribution in [0.3, 0.4) is 0 Å². The highest BCUT2D eigenvalue weighted by atomic mass is 19.1. The smallest absolute Gasteiger partial charge is 0.330 e. The SMILES string of the molecule is COC(=O)[C@@]1(C)N[C@@H](c2cccc(F)c2)c2c(O)ccc(O)c21. The van der Waals surface area contributed by atoms with E-state index in [-0.39, 0.29) is 17.1 Å². The van der Waals surface area contributed by atoms with Crippen LogP contribution in [0.25, 0.3) is 0 Å². The summed E-state index contributed by atoms with van der Waals surface area (Å²) in [6.45, 7) is 1.55. The Balaban J connectivity index is 2.25. The Bertz CT molecular complexity index is 792. The Hall–Kier alpha value is -2.60. The van der Waals surface area contributed by atoms with Gasteiger partial charge in [-0.1, -0.05) is 12.1 Å². The van der Waals surface area contributed by atoms with Crippen LogP contribution in [-0.4, -0.2) is 23.3 Å². The minimum absolute atomic E-state index is 0.0906. The number of fused-ring (bicyclic) bond motifs is 1. The average Bonchev–Trinajstić information content (AvgIpc) is 2.86. The molecule has 6 heteroatoms. The van der Waals surface area contributed by atoms with E-state index in [1.807, 2.05) is 0 Å². The number of esters is 1. The molecule has 120 valence electrons. The van der Waals surface area contributed by atoms with E-state index in [1.54, 1.807) is 19.1 Å². The number of phenolic OH excluding ortho intramolecular Hbond substituents is 2. The van der Waals surface area contributed by atoms with Crippen molar-refractivity contribution in [1.29, 1.82) is 0 Å². The van der Waals surface area contributed by atoms with Crippen molar-refractivity contribution in [3.05, 3.63) is 58.9 Å². The zero-order valence-electron chi connectivity index (χ0n) is 12.6. The van der Waals surface area contributed by atoms with Crippen molar-refractivity contribution in [3.63, 3.8) is 0 Å². The van der Waals surface area contributed by atoms with Gasteiger partial charge >= 0.3 is 5.97 Å². The number of methoxy groups -OCH3 is 1. The third-order valence-electron chi connectivity index (χ3n) is 4.20. The van der Waals surface area contributed by atoms with Gasteiger partial charge in [0.1, 0.15) is 22.9 Å². The van der Waals surface area contributed by atoms with Crippen LogP contribution in [0.1, 0.15) is 29.7 Å². The fourth-order valence-corrected chi connectivity index (χ4v) is 3.15. The molecule has 5 nitrogen and oxygen atoms in total. The van der Waals surface area contributed by atoms with E-state index in [2.05, 4.69) is 5.32 Å². The second-order valence-electron chi connectivity index (χ2n) is 5.64. The van der Waals surface area contributed by atoms with Crippen molar-refractivity contribution in [1.82, 2.24) is 5.32 Å². The molecule has 1 heterocycles. The first kappa shape index (κ1) is 15.3. The van der Waals surface area contributed by atoms with Gasteiger partial charge in [-0.2, -0.15) is 0 Å². The maximum absolute atomic E-state index is 13.6. The van der Waals surface area contributed by atoms with E-state index in [4.69, 9.17) is 4.74 Å². The number of hydrogen-bond acceptors (Lipinski definition) is 5. The van der Waals surface area contributed by atoms with Crippen LogP contribution < -0.4 is 5.32 Å². The maximum atomic E-state index is 13.6. The molecule has 0 spiro atoms. The van der Waals surface area contributed by atoms with E-state index in [9.17, 15) is 19.4 Å². The summed E-state index contributed by atoms with van der Waals surface area (Å²) >= 11 is 0. The van der Waals surface area contributed by atoms with Crippen molar-refractivity contribution in [2.45, 2.75) is 18.5 Å². The molecule has 0 radical (unpaired) electrons. The van der Waals surface area contributed by atoms with Crippen LogP contribution in [0.2, 0.25) is 0 Å². The monoisotopic (exact) mass is 317 g/mol. The maximum Gasteiger partial charge on any atom is 0.330 e. The molecule has 0 fully saturated rings. The molecule has 2 aromatic carbocycles. The van der Waals surface area contributed by atoms with Crippen LogP contribution in [0.15, 0.2) is 36.4 Å². The molecule has 3 rings (SSSR count). The molecule has 2 aromatic rings. The Morgan fingerprint density at radius 3 is 2.61 bits per heavy atom. The Kier molecular flexibility index (Phi) is 3.49. The number of halogens is 1. The van der Waals surface area contributed by atoms with Gasteiger partial charge in [0.25, 0.3) is 0 Å². The summed E-state index contributed by atoms with van der Waals surface area (Å²) in [5.74, 6) is -1.28. The third kappa shape index (κ3) is 2.22. The Labute approximate surface area is 132 Å². The summed E-state index contributed by atoms with van der Waals surface area (Å²) < 4.78 is 18.4. The van der Waals surface area contributed by atoms with Crippen molar-refractivity contribution in [3.8, 4) is 11.5 Å². The molecular formula is C17H16FNO4. The summed E-state index contributed by atoms with van der Waals surface area (Å²) in [5.41, 5.74) is -0.258. The van der Waals surface area contributed by atoms with Crippen LogP contribution in [-0.2, 0) is 15.1 Å². The van der Waals surface area contributed by atoms with E-state index in [1.165, 1.54) is 31.4 Å². The summed E-state index contributed by atoms with van der Waals surface area (Å²) in [7, 11) is 1.24. The molecule has 0 saturated heterocycles. The fraction of sp³-hybridized carbons (Fsp3) is 0.235. The van der Waals surface area contributed by atoms with E-state index in [0.717, 1.165) is 0 Å². The normalized spacial score (nSPS) is 22.7.